The molecule has 0 saturated carbocycles. The minimum absolute atomic E-state index is 0.0871. The largest absolute Gasteiger partial charge is 0.463 e. The number of fused-ring (bicyclic) bond motifs is 1. The van der Waals surface area contributed by atoms with Gasteiger partial charge in [0.2, 0.25) is 5.82 Å². The summed E-state index contributed by atoms with van der Waals surface area (Å²) in [6, 6.07) is 6.36. The van der Waals surface area contributed by atoms with E-state index in [2.05, 4.69) is 15.3 Å². The standard InChI is InChI=1S/C15H13F3N6O2/c16-15(17,18)14-20-19-12-8-22(5-6-23(12)14)9-24-13(25)4-3-10(21-24)11-2-1-7-26-11/h1-4,7H,5-6,8-9H2. The Morgan fingerprint density at radius 3 is 2.73 bits per heavy atom. The van der Waals surface area contributed by atoms with Gasteiger partial charge in [-0.05, 0) is 18.2 Å². The molecule has 4 rings (SSSR count). The molecule has 1 aliphatic rings. The Labute approximate surface area is 144 Å². The van der Waals surface area contributed by atoms with E-state index in [4.69, 9.17) is 4.42 Å². The van der Waals surface area contributed by atoms with Crippen molar-refractivity contribution >= 4 is 0 Å². The van der Waals surface area contributed by atoms with Crippen LogP contribution in [0, 0.1) is 0 Å². The van der Waals surface area contributed by atoms with E-state index in [9.17, 15) is 18.0 Å². The number of furan rings is 1. The Morgan fingerprint density at radius 2 is 2.00 bits per heavy atom. The van der Waals surface area contributed by atoms with Gasteiger partial charge in [0, 0.05) is 19.2 Å². The van der Waals surface area contributed by atoms with Gasteiger partial charge < -0.3 is 8.98 Å². The van der Waals surface area contributed by atoms with Crippen LogP contribution in [-0.4, -0.2) is 36.0 Å². The molecule has 3 aromatic rings. The van der Waals surface area contributed by atoms with Gasteiger partial charge in [-0.1, -0.05) is 0 Å². The average molecular weight is 366 g/mol. The highest BCUT2D eigenvalue weighted by Crippen LogP contribution is 2.29. The van der Waals surface area contributed by atoms with Gasteiger partial charge in [-0.2, -0.15) is 18.3 Å². The number of alkyl halides is 3. The molecule has 0 amide bonds. The Hall–Kier alpha value is -2.95. The maximum atomic E-state index is 12.9. The molecule has 4 heterocycles. The topological polar surface area (TPSA) is 82.0 Å². The third kappa shape index (κ3) is 3.01. The van der Waals surface area contributed by atoms with Crippen molar-refractivity contribution in [2.24, 2.45) is 0 Å². The summed E-state index contributed by atoms with van der Waals surface area (Å²) in [5.74, 6) is -0.270. The highest BCUT2D eigenvalue weighted by Gasteiger charge is 2.39. The first-order chi connectivity index (χ1) is 12.4. The second kappa shape index (κ2) is 6.09. The summed E-state index contributed by atoms with van der Waals surface area (Å²) >= 11 is 0. The van der Waals surface area contributed by atoms with Crippen molar-refractivity contribution in [3.05, 3.63) is 52.5 Å². The van der Waals surface area contributed by atoms with E-state index < -0.39 is 12.0 Å². The summed E-state index contributed by atoms with van der Waals surface area (Å²) in [6.45, 7) is 0.667. The van der Waals surface area contributed by atoms with E-state index in [1.807, 2.05) is 0 Å². The maximum absolute atomic E-state index is 12.9. The normalized spacial score (nSPS) is 15.2. The third-order valence-electron chi connectivity index (χ3n) is 4.06. The second-order valence-corrected chi connectivity index (χ2v) is 5.82. The summed E-state index contributed by atoms with van der Waals surface area (Å²) in [5, 5.41) is 11.1. The highest BCUT2D eigenvalue weighted by atomic mass is 19.4. The molecular weight excluding hydrogens is 353 g/mol. The van der Waals surface area contributed by atoms with Crippen LogP contribution in [0.5, 0.6) is 0 Å². The molecule has 11 heteroatoms. The lowest BCUT2D eigenvalue weighted by Gasteiger charge is -2.27. The minimum Gasteiger partial charge on any atom is -0.463 e. The van der Waals surface area contributed by atoms with Gasteiger partial charge in [0.15, 0.2) is 5.76 Å². The molecular formula is C15H13F3N6O2. The number of aromatic nitrogens is 5. The van der Waals surface area contributed by atoms with Crippen molar-refractivity contribution in [2.75, 3.05) is 6.54 Å². The molecule has 0 saturated heterocycles. The predicted molar refractivity (Wildman–Crippen MR) is 81.6 cm³/mol. The molecule has 0 N–H and O–H groups in total. The molecule has 0 bridgehead atoms. The van der Waals surface area contributed by atoms with Gasteiger partial charge in [-0.3, -0.25) is 9.69 Å². The van der Waals surface area contributed by atoms with Gasteiger partial charge in [0.1, 0.15) is 11.5 Å². The second-order valence-electron chi connectivity index (χ2n) is 5.82. The molecule has 3 aromatic heterocycles. The zero-order valence-corrected chi connectivity index (χ0v) is 13.3. The van der Waals surface area contributed by atoms with E-state index in [-0.39, 0.29) is 31.1 Å². The zero-order chi connectivity index (χ0) is 18.3. The Morgan fingerprint density at radius 1 is 1.15 bits per heavy atom. The predicted octanol–water partition coefficient (Wildman–Crippen LogP) is 1.59. The van der Waals surface area contributed by atoms with E-state index >= 15 is 0 Å². The minimum atomic E-state index is -4.54. The molecule has 0 radical (unpaired) electrons. The number of nitrogens with zero attached hydrogens (tertiary/aromatic N) is 6. The van der Waals surface area contributed by atoms with E-state index in [0.29, 0.717) is 18.0 Å². The first-order valence-electron chi connectivity index (χ1n) is 7.75. The van der Waals surface area contributed by atoms with Gasteiger partial charge in [-0.25, -0.2) is 4.68 Å². The average Bonchev–Trinajstić information content (AvgIpc) is 3.25. The van der Waals surface area contributed by atoms with Crippen LogP contribution in [0.3, 0.4) is 0 Å². The first kappa shape index (κ1) is 16.5. The lowest BCUT2D eigenvalue weighted by molar-refractivity contribution is -0.148. The SMILES string of the molecule is O=c1ccc(-c2ccco2)nn1CN1CCn2c(nnc2C(F)(F)F)C1. The smallest absolute Gasteiger partial charge is 0.451 e. The number of hydrogen-bond donors (Lipinski definition) is 0. The lowest BCUT2D eigenvalue weighted by atomic mass is 10.3. The summed E-state index contributed by atoms with van der Waals surface area (Å²) < 4.78 is 46.2. The number of hydrogen-bond acceptors (Lipinski definition) is 6. The Kier molecular flexibility index (Phi) is 3.87. The molecule has 8 nitrogen and oxygen atoms in total. The third-order valence-corrected chi connectivity index (χ3v) is 4.06. The van der Waals surface area contributed by atoms with Crippen LogP contribution in [0.25, 0.3) is 11.5 Å². The lowest BCUT2D eigenvalue weighted by Crippen LogP contribution is -2.39. The molecule has 0 unspecified atom stereocenters. The fourth-order valence-electron chi connectivity index (χ4n) is 2.83. The highest BCUT2D eigenvalue weighted by molar-refractivity contribution is 5.50. The van der Waals surface area contributed by atoms with Crippen LogP contribution >= 0.6 is 0 Å². The number of halogens is 3. The molecule has 1 aliphatic heterocycles. The van der Waals surface area contributed by atoms with Crippen molar-refractivity contribution in [3.63, 3.8) is 0 Å². The quantitative estimate of drug-likeness (QED) is 0.700. The van der Waals surface area contributed by atoms with Gasteiger partial charge in [-0.15, -0.1) is 10.2 Å². The van der Waals surface area contributed by atoms with E-state index in [0.717, 1.165) is 4.57 Å². The van der Waals surface area contributed by atoms with Crippen LogP contribution in [0.2, 0.25) is 0 Å². The molecule has 26 heavy (non-hydrogen) atoms. The van der Waals surface area contributed by atoms with Crippen LogP contribution in [0.1, 0.15) is 11.6 Å². The summed E-state index contributed by atoms with van der Waals surface area (Å²) in [5.41, 5.74) is 0.178. The van der Waals surface area contributed by atoms with Gasteiger partial charge in [0.25, 0.3) is 5.56 Å². The van der Waals surface area contributed by atoms with Crippen LogP contribution < -0.4 is 5.56 Å². The first-order valence-corrected chi connectivity index (χ1v) is 7.75. The van der Waals surface area contributed by atoms with Crippen LogP contribution in [0.15, 0.2) is 39.7 Å². The van der Waals surface area contributed by atoms with Crippen molar-refractivity contribution in [1.82, 2.24) is 29.4 Å². The molecule has 0 aliphatic carbocycles. The van der Waals surface area contributed by atoms with Gasteiger partial charge in [0.05, 0.1) is 19.5 Å². The molecule has 0 spiro atoms. The van der Waals surface area contributed by atoms with Crippen LogP contribution in [0.4, 0.5) is 13.2 Å². The molecule has 0 aromatic carbocycles. The van der Waals surface area contributed by atoms with Crippen LogP contribution in [-0.2, 0) is 25.9 Å². The molecule has 0 fully saturated rings. The fraction of sp³-hybridized carbons (Fsp3) is 0.333. The number of rotatable bonds is 3. The molecule has 136 valence electrons. The van der Waals surface area contributed by atoms with Crippen molar-refractivity contribution < 1.29 is 17.6 Å². The monoisotopic (exact) mass is 366 g/mol. The Balaban J connectivity index is 1.55. The summed E-state index contributed by atoms with van der Waals surface area (Å²) in [7, 11) is 0. The van der Waals surface area contributed by atoms with Crippen molar-refractivity contribution in [1.29, 1.82) is 0 Å². The summed E-state index contributed by atoms with van der Waals surface area (Å²) in [6.07, 6.45) is -3.04. The molecule has 0 atom stereocenters. The maximum Gasteiger partial charge on any atom is 0.451 e. The van der Waals surface area contributed by atoms with E-state index in [1.165, 1.54) is 17.0 Å². The van der Waals surface area contributed by atoms with Gasteiger partial charge >= 0.3 is 6.18 Å². The van der Waals surface area contributed by atoms with Crippen molar-refractivity contribution in [3.8, 4) is 11.5 Å². The fourth-order valence-corrected chi connectivity index (χ4v) is 2.83. The zero-order valence-electron chi connectivity index (χ0n) is 13.3. The Bertz CT molecular complexity index is 976. The van der Waals surface area contributed by atoms with E-state index in [1.54, 1.807) is 23.1 Å². The summed E-state index contributed by atoms with van der Waals surface area (Å²) in [4.78, 5) is 13.8. The van der Waals surface area contributed by atoms with Crippen molar-refractivity contribution in [2.45, 2.75) is 25.9 Å².